The van der Waals surface area contributed by atoms with Crippen LogP contribution >= 0.6 is 22.9 Å². The first-order chi connectivity index (χ1) is 16.8. The quantitative estimate of drug-likeness (QED) is 0.404. The van der Waals surface area contributed by atoms with Crippen LogP contribution in [0.25, 0.3) is 20.8 Å². The zero-order chi connectivity index (χ0) is 24.6. The molecule has 4 aromatic rings. The number of thiazole rings is 1. The zero-order valence-electron chi connectivity index (χ0n) is 18.9. The maximum Gasteiger partial charge on any atom is 0.255 e. The molecule has 0 radical (unpaired) electrons. The summed E-state index contributed by atoms with van der Waals surface area (Å²) >= 11 is 7.97. The number of carbonyl (C=O) groups is 1. The molecule has 7 nitrogen and oxygen atoms in total. The average Bonchev–Trinajstić information content (AvgIpc) is 3.29. The van der Waals surface area contributed by atoms with Crippen LogP contribution in [0.1, 0.15) is 10.4 Å². The molecule has 2 heterocycles. The van der Waals surface area contributed by atoms with Gasteiger partial charge in [0.25, 0.3) is 5.91 Å². The average molecular weight is 527 g/mol. The summed E-state index contributed by atoms with van der Waals surface area (Å²) in [7, 11) is -1.61. The Bertz CT molecular complexity index is 1460. The fourth-order valence-corrected chi connectivity index (χ4v) is 6.59. The van der Waals surface area contributed by atoms with E-state index in [1.54, 1.807) is 18.2 Å². The summed E-state index contributed by atoms with van der Waals surface area (Å²) < 4.78 is 28.4. The van der Waals surface area contributed by atoms with E-state index in [-0.39, 0.29) is 10.8 Å². The van der Waals surface area contributed by atoms with Gasteiger partial charge in [0.2, 0.25) is 10.0 Å². The van der Waals surface area contributed by atoms with Crippen molar-refractivity contribution in [2.24, 2.45) is 0 Å². The van der Waals surface area contributed by atoms with E-state index in [0.717, 1.165) is 20.8 Å². The smallest absolute Gasteiger partial charge is 0.255 e. The van der Waals surface area contributed by atoms with Crippen LogP contribution < -0.4 is 5.32 Å². The molecule has 1 N–H and O–H groups in total. The third kappa shape index (κ3) is 4.96. The molecular weight excluding hydrogens is 504 g/mol. The molecule has 1 aliphatic heterocycles. The van der Waals surface area contributed by atoms with Crippen molar-refractivity contribution in [1.82, 2.24) is 14.2 Å². The van der Waals surface area contributed by atoms with E-state index in [0.29, 0.717) is 42.5 Å². The monoisotopic (exact) mass is 526 g/mol. The lowest BCUT2D eigenvalue weighted by molar-refractivity contribution is 0.102. The first-order valence-corrected chi connectivity index (χ1v) is 13.7. The lowest BCUT2D eigenvalue weighted by Gasteiger charge is -2.31. The molecule has 1 saturated heterocycles. The van der Waals surface area contributed by atoms with E-state index >= 15 is 0 Å². The Balaban J connectivity index is 1.33. The molecule has 10 heteroatoms. The standard InChI is InChI=1S/C25H23ClN4O3S2/c1-29-12-14-30(15-13-29)35(32,33)19-9-6-17(7-10-19)24(31)27-18-8-11-21(26)20(16-18)25-28-22-4-2-3-5-23(22)34-25/h2-11,16H,12-15H2,1H3,(H,27,31). The number of fused-ring (bicyclic) bond motifs is 1. The molecule has 35 heavy (non-hydrogen) atoms. The Morgan fingerprint density at radius 1 is 1.00 bits per heavy atom. The Morgan fingerprint density at radius 2 is 1.71 bits per heavy atom. The minimum atomic E-state index is -3.58. The SMILES string of the molecule is CN1CCN(S(=O)(=O)c2ccc(C(=O)Nc3ccc(Cl)c(-c4nc5ccccc5s4)c3)cc2)CC1. The highest BCUT2D eigenvalue weighted by atomic mass is 35.5. The maximum absolute atomic E-state index is 12.9. The Labute approximate surface area is 213 Å². The number of anilines is 1. The number of para-hydroxylation sites is 1. The van der Waals surface area contributed by atoms with Crippen molar-refractivity contribution in [1.29, 1.82) is 0 Å². The van der Waals surface area contributed by atoms with Crippen molar-refractivity contribution in [3.63, 3.8) is 0 Å². The van der Waals surface area contributed by atoms with Crippen molar-refractivity contribution in [3.8, 4) is 10.6 Å². The molecule has 3 aromatic carbocycles. The molecule has 0 saturated carbocycles. The summed E-state index contributed by atoms with van der Waals surface area (Å²) in [5, 5.41) is 4.18. The summed E-state index contributed by atoms with van der Waals surface area (Å²) in [6.45, 7) is 2.29. The van der Waals surface area contributed by atoms with Gasteiger partial charge in [-0.1, -0.05) is 23.7 Å². The fourth-order valence-electron chi connectivity index (χ4n) is 3.91. The Morgan fingerprint density at radius 3 is 2.43 bits per heavy atom. The lowest BCUT2D eigenvalue weighted by Crippen LogP contribution is -2.47. The molecule has 1 amide bonds. The van der Waals surface area contributed by atoms with Crippen molar-refractivity contribution in [2.75, 3.05) is 38.5 Å². The number of hydrogen-bond acceptors (Lipinski definition) is 6. The number of sulfonamides is 1. The van der Waals surface area contributed by atoms with Crippen LogP contribution in [-0.4, -0.2) is 61.7 Å². The van der Waals surface area contributed by atoms with Gasteiger partial charge in [-0.05, 0) is 61.6 Å². The first-order valence-electron chi connectivity index (χ1n) is 11.1. The normalized spacial score (nSPS) is 15.4. The number of halogens is 1. The van der Waals surface area contributed by atoms with Crippen LogP contribution in [0.2, 0.25) is 5.02 Å². The molecule has 1 aromatic heterocycles. The van der Waals surface area contributed by atoms with Crippen molar-refractivity contribution in [3.05, 3.63) is 77.3 Å². The van der Waals surface area contributed by atoms with Crippen molar-refractivity contribution in [2.45, 2.75) is 4.90 Å². The number of nitrogens with zero attached hydrogens (tertiary/aromatic N) is 3. The van der Waals surface area contributed by atoms with Gasteiger partial charge in [0.1, 0.15) is 5.01 Å². The summed E-state index contributed by atoms with van der Waals surface area (Å²) in [6.07, 6.45) is 0. The van der Waals surface area contributed by atoms with E-state index < -0.39 is 10.0 Å². The van der Waals surface area contributed by atoms with Gasteiger partial charge in [0.15, 0.2) is 0 Å². The third-order valence-corrected chi connectivity index (χ3v) is 9.28. The number of likely N-dealkylation sites (N-methyl/N-ethyl adjacent to an activating group) is 1. The van der Waals surface area contributed by atoms with Crippen molar-refractivity contribution < 1.29 is 13.2 Å². The van der Waals surface area contributed by atoms with Gasteiger partial charge >= 0.3 is 0 Å². The molecule has 0 spiro atoms. The van der Waals surface area contributed by atoms with Gasteiger partial charge in [-0.2, -0.15) is 4.31 Å². The number of rotatable bonds is 5. The van der Waals surface area contributed by atoms with Gasteiger partial charge in [-0.3, -0.25) is 4.79 Å². The minimum absolute atomic E-state index is 0.184. The summed E-state index contributed by atoms with van der Waals surface area (Å²) in [5.74, 6) is -0.342. The van der Waals surface area contributed by atoms with Gasteiger partial charge in [-0.25, -0.2) is 13.4 Å². The third-order valence-electron chi connectivity index (χ3n) is 5.97. The summed E-state index contributed by atoms with van der Waals surface area (Å²) in [6, 6.07) is 19.1. The van der Waals surface area contributed by atoms with Crippen LogP contribution in [0.3, 0.4) is 0 Å². The van der Waals surface area contributed by atoms with Gasteiger partial charge < -0.3 is 10.2 Å². The summed E-state index contributed by atoms with van der Waals surface area (Å²) in [5.41, 5.74) is 2.56. The van der Waals surface area contributed by atoms with E-state index in [9.17, 15) is 13.2 Å². The topological polar surface area (TPSA) is 82.6 Å². The zero-order valence-corrected chi connectivity index (χ0v) is 21.3. The lowest BCUT2D eigenvalue weighted by atomic mass is 10.1. The number of hydrogen-bond donors (Lipinski definition) is 1. The highest BCUT2D eigenvalue weighted by molar-refractivity contribution is 7.89. The first kappa shape index (κ1) is 23.9. The van der Waals surface area contributed by atoms with Crippen LogP contribution in [0.5, 0.6) is 0 Å². The van der Waals surface area contributed by atoms with E-state index in [1.807, 2.05) is 31.3 Å². The highest BCUT2D eigenvalue weighted by Crippen LogP contribution is 2.36. The predicted octanol–water partition coefficient (Wildman–Crippen LogP) is 4.81. The fraction of sp³-hybridized carbons (Fsp3) is 0.200. The highest BCUT2D eigenvalue weighted by Gasteiger charge is 2.27. The number of nitrogens with one attached hydrogen (secondary N) is 1. The Hall–Kier alpha value is -2.82. The number of carbonyl (C=O) groups excluding carboxylic acids is 1. The second kappa shape index (κ2) is 9.67. The molecule has 0 bridgehead atoms. The predicted molar refractivity (Wildman–Crippen MR) is 141 cm³/mol. The van der Waals surface area contributed by atoms with Crippen LogP contribution in [0.4, 0.5) is 5.69 Å². The molecule has 0 aliphatic carbocycles. The minimum Gasteiger partial charge on any atom is -0.322 e. The maximum atomic E-state index is 12.9. The number of benzene rings is 3. The van der Waals surface area contributed by atoms with Crippen LogP contribution in [-0.2, 0) is 10.0 Å². The number of aromatic nitrogens is 1. The van der Waals surface area contributed by atoms with Crippen LogP contribution in [0, 0.1) is 0 Å². The number of piperazine rings is 1. The van der Waals surface area contributed by atoms with Crippen molar-refractivity contribution >= 4 is 54.8 Å². The largest absolute Gasteiger partial charge is 0.322 e. The second-order valence-corrected chi connectivity index (χ2v) is 11.7. The molecule has 1 fully saturated rings. The molecule has 0 atom stereocenters. The van der Waals surface area contributed by atoms with E-state index in [1.165, 1.54) is 39.9 Å². The molecule has 5 rings (SSSR count). The van der Waals surface area contributed by atoms with E-state index in [4.69, 9.17) is 11.6 Å². The van der Waals surface area contributed by atoms with E-state index in [2.05, 4.69) is 15.2 Å². The second-order valence-electron chi connectivity index (χ2n) is 8.37. The summed E-state index contributed by atoms with van der Waals surface area (Å²) in [4.78, 5) is 19.8. The molecule has 180 valence electrons. The van der Waals surface area contributed by atoms with Crippen LogP contribution in [0.15, 0.2) is 71.6 Å². The van der Waals surface area contributed by atoms with Gasteiger partial charge in [-0.15, -0.1) is 11.3 Å². The van der Waals surface area contributed by atoms with Gasteiger partial charge in [0.05, 0.1) is 20.1 Å². The molecule has 1 aliphatic rings. The van der Waals surface area contributed by atoms with Gasteiger partial charge in [0, 0.05) is 43.0 Å². The molecular formula is C25H23ClN4O3S2. The molecule has 0 unspecified atom stereocenters. The number of amides is 1. The Kier molecular flexibility index (Phi) is 6.61.